The lowest BCUT2D eigenvalue weighted by atomic mass is 10.0. The maximum absolute atomic E-state index is 10.8. The Balaban J connectivity index is 3.59. The number of phenolic OH excluding ortho intramolecular Hbond substituents is 1. The maximum Gasteiger partial charge on any atom is 0.336 e. The molecule has 0 aliphatic carbocycles. The number of nitro groups is 1. The standard InChI is InChI=1S/C9H9NO5/c1-4-5(2)8(11)7(10(14)15)3-6(4)9(12)13/h3,11H,1-2H3,(H,12,13). The Labute approximate surface area is 84.9 Å². The molecule has 0 aliphatic heterocycles. The summed E-state index contributed by atoms with van der Waals surface area (Å²) >= 11 is 0. The number of phenols is 1. The van der Waals surface area contributed by atoms with Crippen molar-refractivity contribution in [3.63, 3.8) is 0 Å². The SMILES string of the molecule is Cc1c(C(=O)O)cc([N+](=O)[O-])c(O)c1C. The Kier molecular flexibility index (Phi) is 2.61. The summed E-state index contributed by atoms with van der Waals surface area (Å²) in [6, 6.07) is 0.861. The van der Waals surface area contributed by atoms with Crippen molar-refractivity contribution >= 4 is 11.7 Å². The first kappa shape index (κ1) is 11.0. The molecule has 0 atom stereocenters. The van der Waals surface area contributed by atoms with Crippen LogP contribution in [0, 0.1) is 24.0 Å². The Morgan fingerprint density at radius 3 is 2.33 bits per heavy atom. The summed E-state index contributed by atoms with van der Waals surface area (Å²) in [7, 11) is 0. The highest BCUT2D eigenvalue weighted by Crippen LogP contribution is 2.33. The van der Waals surface area contributed by atoms with E-state index in [0.717, 1.165) is 6.07 Å². The zero-order valence-corrected chi connectivity index (χ0v) is 8.14. The fourth-order valence-electron chi connectivity index (χ4n) is 1.25. The lowest BCUT2D eigenvalue weighted by molar-refractivity contribution is -0.386. The highest BCUT2D eigenvalue weighted by atomic mass is 16.6. The Hall–Kier alpha value is -2.11. The zero-order chi connectivity index (χ0) is 11.7. The second kappa shape index (κ2) is 3.56. The van der Waals surface area contributed by atoms with Crippen molar-refractivity contribution in [2.75, 3.05) is 0 Å². The molecule has 0 radical (unpaired) electrons. The van der Waals surface area contributed by atoms with E-state index in [-0.39, 0.29) is 11.1 Å². The average molecular weight is 211 g/mol. The Morgan fingerprint density at radius 2 is 1.93 bits per heavy atom. The van der Waals surface area contributed by atoms with E-state index in [1.54, 1.807) is 0 Å². The molecule has 0 saturated carbocycles. The van der Waals surface area contributed by atoms with Crippen molar-refractivity contribution in [2.45, 2.75) is 13.8 Å². The van der Waals surface area contributed by atoms with E-state index in [4.69, 9.17) is 5.11 Å². The molecule has 1 aromatic rings. The number of aromatic hydroxyl groups is 1. The molecule has 0 unspecified atom stereocenters. The Bertz CT molecular complexity index is 414. The third kappa shape index (κ3) is 1.74. The minimum Gasteiger partial charge on any atom is -0.502 e. The van der Waals surface area contributed by atoms with E-state index in [9.17, 15) is 20.0 Å². The van der Waals surface area contributed by atoms with Gasteiger partial charge in [-0.15, -0.1) is 0 Å². The number of hydrogen-bond donors (Lipinski definition) is 2. The van der Waals surface area contributed by atoms with Gasteiger partial charge in [-0.2, -0.15) is 0 Å². The lowest BCUT2D eigenvalue weighted by Gasteiger charge is -2.07. The molecule has 1 aromatic carbocycles. The molecule has 1 rings (SSSR count). The van der Waals surface area contributed by atoms with Gasteiger partial charge in [-0.3, -0.25) is 10.1 Å². The summed E-state index contributed by atoms with van der Waals surface area (Å²) in [6.45, 7) is 2.92. The highest BCUT2D eigenvalue weighted by Gasteiger charge is 2.22. The monoisotopic (exact) mass is 211 g/mol. The van der Waals surface area contributed by atoms with Gasteiger partial charge >= 0.3 is 11.7 Å². The van der Waals surface area contributed by atoms with Crippen LogP contribution in [0.3, 0.4) is 0 Å². The van der Waals surface area contributed by atoms with Gasteiger partial charge in [0.15, 0.2) is 5.75 Å². The van der Waals surface area contributed by atoms with Gasteiger partial charge in [-0.05, 0) is 19.4 Å². The zero-order valence-electron chi connectivity index (χ0n) is 8.14. The predicted octanol–water partition coefficient (Wildman–Crippen LogP) is 1.62. The topological polar surface area (TPSA) is 101 Å². The van der Waals surface area contributed by atoms with Crippen LogP contribution in [0.4, 0.5) is 5.69 Å². The number of nitrogens with zero attached hydrogens (tertiary/aromatic N) is 1. The molecular formula is C9H9NO5. The molecule has 0 bridgehead atoms. The maximum atomic E-state index is 10.8. The van der Waals surface area contributed by atoms with Crippen molar-refractivity contribution in [3.8, 4) is 5.75 Å². The van der Waals surface area contributed by atoms with Crippen molar-refractivity contribution < 1.29 is 19.9 Å². The predicted molar refractivity (Wildman–Crippen MR) is 51.2 cm³/mol. The number of hydrogen-bond acceptors (Lipinski definition) is 4. The first-order valence-corrected chi connectivity index (χ1v) is 4.07. The van der Waals surface area contributed by atoms with E-state index >= 15 is 0 Å². The molecule has 80 valence electrons. The fraction of sp³-hybridized carbons (Fsp3) is 0.222. The summed E-state index contributed by atoms with van der Waals surface area (Å²) in [5.41, 5.74) is -0.222. The molecule has 0 aromatic heterocycles. The number of carbonyl (C=O) groups is 1. The van der Waals surface area contributed by atoms with Gasteiger partial charge in [-0.1, -0.05) is 0 Å². The average Bonchev–Trinajstić information content (AvgIpc) is 2.13. The number of aromatic carboxylic acids is 1. The van der Waals surface area contributed by atoms with Gasteiger partial charge in [-0.25, -0.2) is 4.79 Å². The fourth-order valence-corrected chi connectivity index (χ4v) is 1.25. The molecule has 6 heteroatoms. The van der Waals surface area contributed by atoms with Crippen LogP contribution < -0.4 is 0 Å². The molecule has 2 N–H and O–H groups in total. The van der Waals surface area contributed by atoms with Crippen LogP contribution in [-0.2, 0) is 0 Å². The molecule has 0 heterocycles. The van der Waals surface area contributed by atoms with Gasteiger partial charge in [0, 0.05) is 11.6 Å². The molecular weight excluding hydrogens is 202 g/mol. The van der Waals surface area contributed by atoms with Crippen LogP contribution in [0.5, 0.6) is 5.75 Å². The van der Waals surface area contributed by atoms with Crippen LogP contribution in [-0.4, -0.2) is 21.1 Å². The first-order chi connectivity index (χ1) is 6.86. The minimum absolute atomic E-state index is 0.169. The second-order valence-corrected chi connectivity index (χ2v) is 3.10. The van der Waals surface area contributed by atoms with Crippen LogP contribution in [0.15, 0.2) is 6.07 Å². The summed E-state index contributed by atoms with van der Waals surface area (Å²) in [5.74, 6) is -1.73. The van der Waals surface area contributed by atoms with Crippen LogP contribution in [0.25, 0.3) is 0 Å². The largest absolute Gasteiger partial charge is 0.502 e. The molecule has 15 heavy (non-hydrogen) atoms. The summed E-state index contributed by atoms with van der Waals surface area (Å²) in [5, 5.41) is 28.7. The van der Waals surface area contributed by atoms with Gasteiger partial charge in [0.2, 0.25) is 0 Å². The van der Waals surface area contributed by atoms with E-state index in [2.05, 4.69) is 0 Å². The third-order valence-corrected chi connectivity index (χ3v) is 2.27. The smallest absolute Gasteiger partial charge is 0.336 e. The Morgan fingerprint density at radius 1 is 1.40 bits per heavy atom. The van der Waals surface area contributed by atoms with Gasteiger partial charge < -0.3 is 10.2 Å². The van der Waals surface area contributed by atoms with E-state index in [1.165, 1.54) is 13.8 Å². The number of carboxylic acids is 1. The number of nitro benzene ring substituents is 1. The second-order valence-electron chi connectivity index (χ2n) is 3.10. The van der Waals surface area contributed by atoms with Gasteiger partial charge in [0.1, 0.15) is 0 Å². The third-order valence-electron chi connectivity index (χ3n) is 2.27. The van der Waals surface area contributed by atoms with Crippen molar-refractivity contribution in [3.05, 3.63) is 32.9 Å². The van der Waals surface area contributed by atoms with E-state index in [1.807, 2.05) is 0 Å². The molecule has 0 saturated heterocycles. The van der Waals surface area contributed by atoms with Gasteiger partial charge in [0.05, 0.1) is 10.5 Å². The van der Waals surface area contributed by atoms with Gasteiger partial charge in [0.25, 0.3) is 0 Å². The lowest BCUT2D eigenvalue weighted by Crippen LogP contribution is -2.03. The summed E-state index contributed by atoms with van der Waals surface area (Å²) < 4.78 is 0. The van der Waals surface area contributed by atoms with E-state index < -0.39 is 22.3 Å². The highest BCUT2D eigenvalue weighted by molar-refractivity contribution is 5.91. The first-order valence-electron chi connectivity index (χ1n) is 4.07. The van der Waals surface area contributed by atoms with Crippen molar-refractivity contribution in [1.82, 2.24) is 0 Å². The van der Waals surface area contributed by atoms with Crippen molar-refractivity contribution in [2.24, 2.45) is 0 Å². The molecule has 6 nitrogen and oxygen atoms in total. The van der Waals surface area contributed by atoms with E-state index in [0.29, 0.717) is 5.56 Å². The van der Waals surface area contributed by atoms with Crippen LogP contribution >= 0.6 is 0 Å². The number of carboxylic acid groups (broad SMARTS) is 1. The summed E-state index contributed by atoms with van der Waals surface area (Å²) in [6.07, 6.45) is 0. The quantitative estimate of drug-likeness (QED) is 0.571. The minimum atomic E-state index is -1.25. The molecule has 0 fully saturated rings. The molecule has 0 spiro atoms. The molecule has 0 amide bonds. The number of rotatable bonds is 2. The van der Waals surface area contributed by atoms with Crippen LogP contribution in [0.1, 0.15) is 21.5 Å². The van der Waals surface area contributed by atoms with Crippen molar-refractivity contribution in [1.29, 1.82) is 0 Å². The van der Waals surface area contributed by atoms with Crippen LogP contribution in [0.2, 0.25) is 0 Å². The summed E-state index contributed by atoms with van der Waals surface area (Å²) in [4.78, 5) is 20.5. The molecule has 0 aliphatic rings. The normalized spacial score (nSPS) is 10.0. The number of benzene rings is 1.